The van der Waals surface area contributed by atoms with Crippen molar-refractivity contribution in [3.05, 3.63) is 39.7 Å². The lowest BCUT2D eigenvalue weighted by atomic mass is 9.99. The summed E-state index contributed by atoms with van der Waals surface area (Å²) in [5, 5.41) is 10.3. The Balaban J connectivity index is 2.80. The zero-order chi connectivity index (χ0) is 12.4. The summed E-state index contributed by atoms with van der Waals surface area (Å²) in [7, 11) is 0. The van der Waals surface area contributed by atoms with Crippen LogP contribution in [0.3, 0.4) is 0 Å². The predicted octanol–water partition coefficient (Wildman–Crippen LogP) is 3.01. The number of phenolic OH excluding ortho intramolecular Hbond substituents is 1. The summed E-state index contributed by atoms with van der Waals surface area (Å²) in [6, 6.07) is 4.93. The molecule has 0 aliphatic heterocycles. The first kappa shape index (κ1) is 11.7. The molecule has 17 heavy (non-hydrogen) atoms. The minimum atomic E-state index is -0.276. The molecule has 0 spiro atoms. The average Bonchev–Trinajstić information content (AvgIpc) is 2.30. The monoisotopic (exact) mass is 232 g/mol. The number of aromatic hydroxyl groups is 1. The van der Waals surface area contributed by atoms with E-state index in [9.17, 15) is 9.90 Å². The summed E-state index contributed by atoms with van der Waals surface area (Å²) in [6.07, 6.45) is 2.45. The first-order valence-corrected chi connectivity index (χ1v) is 5.95. The number of rotatable bonds is 3. The molecule has 0 unspecified atom stereocenters. The van der Waals surface area contributed by atoms with E-state index in [0.29, 0.717) is 5.58 Å². The lowest BCUT2D eigenvalue weighted by Crippen LogP contribution is -2.11. The van der Waals surface area contributed by atoms with Crippen molar-refractivity contribution in [2.24, 2.45) is 0 Å². The highest BCUT2D eigenvalue weighted by molar-refractivity contribution is 5.82. The molecule has 0 saturated heterocycles. The van der Waals surface area contributed by atoms with E-state index in [1.165, 1.54) is 6.07 Å². The Hall–Kier alpha value is -1.77. The second kappa shape index (κ2) is 4.62. The quantitative estimate of drug-likeness (QED) is 0.827. The van der Waals surface area contributed by atoms with Gasteiger partial charge in [-0.3, -0.25) is 0 Å². The number of fused-ring (bicyclic) bond motifs is 1. The van der Waals surface area contributed by atoms with E-state index in [0.717, 1.165) is 35.8 Å². The molecule has 0 radical (unpaired) electrons. The van der Waals surface area contributed by atoms with Crippen molar-refractivity contribution in [1.29, 1.82) is 0 Å². The van der Waals surface area contributed by atoms with E-state index in [1.54, 1.807) is 6.07 Å². The van der Waals surface area contributed by atoms with Crippen LogP contribution in [0.25, 0.3) is 11.0 Å². The zero-order valence-corrected chi connectivity index (χ0v) is 10.1. The van der Waals surface area contributed by atoms with Gasteiger partial charge in [-0.2, -0.15) is 0 Å². The lowest BCUT2D eigenvalue weighted by Gasteiger charge is -2.09. The van der Waals surface area contributed by atoms with Crippen molar-refractivity contribution in [2.45, 2.75) is 33.1 Å². The fraction of sp³-hybridized carbons (Fsp3) is 0.357. The van der Waals surface area contributed by atoms with E-state index >= 15 is 0 Å². The van der Waals surface area contributed by atoms with Crippen LogP contribution in [0.2, 0.25) is 0 Å². The molecule has 0 saturated carbocycles. The van der Waals surface area contributed by atoms with Crippen LogP contribution in [0.1, 0.15) is 31.4 Å². The van der Waals surface area contributed by atoms with Crippen molar-refractivity contribution < 1.29 is 9.52 Å². The van der Waals surface area contributed by atoms with E-state index in [1.807, 2.05) is 19.9 Å². The molecule has 2 aromatic rings. The van der Waals surface area contributed by atoms with Crippen LogP contribution >= 0.6 is 0 Å². The third-order valence-electron chi connectivity index (χ3n) is 2.96. The molecule has 90 valence electrons. The maximum Gasteiger partial charge on any atom is 0.339 e. The van der Waals surface area contributed by atoms with Gasteiger partial charge in [0.1, 0.15) is 11.3 Å². The minimum absolute atomic E-state index is 0.117. The molecular formula is C14H16O3. The Kier molecular flexibility index (Phi) is 3.18. The second-order valence-corrected chi connectivity index (χ2v) is 4.13. The first-order valence-electron chi connectivity index (χ1n) is 5.95. The van der Waals surface area contributed by atoms with Gasteiger partial charge in [0.2, 0.25) is 0 Å². The Morgan fingerprint density at radius 2 is 2.00 bits per heavy atom. The molecule has 0 aliphatic carbocycles. The third-order valence-corrected chi connectivity index (χ3v) is 2.96. The number of benzene rings is 1. The third kappa shape index (κ3) is 2.05. The molecule has 3 nitrogen and oxygen atoms in total. The summed E-state index contributed by atoms with van der Waals surface area (Å²) in [5.41, 5.74) is 2.00. The average molecular weight is 232 g/mol. The van der Waals surface area contributed by atoms with Crippen molar-refractivity contribution >= 4 is 11.0 Å². The molecule has 1 aromatic heterocycles. The topological polar surface area (TPSA) is 50.4 Å². The van der Waals surface area contributed by atoms with E-state index in [-0.39, 0.29) is 11.4 Å². The fourth-order valence-corrected chi connectivity index (χ4v) is 2.20. The summed E-state index contributed by atoms with van der Waals surface area (Å²) >= 11 is 0. The van der Waals surface area contributed by atoms with Crippen molar-refractivity contribution in [1.82, 2.24) is 0 Å². The van der Waals surface area contributed by atoms with Crippen LogP contribution in [0.4, 0.5) is 0 Å². The molecule has 3 heteroatoms. The molecule has 1 heterocycles. The van der Waals surface area contributed by atoms with E-state index in [2.05, 4.69) is 0 Å². The van der Waals surface area contributed by atoms with Gasteiger partial charge in [-0.1, -0.05) is 20.3 Å². The molecule has 0 amide bonds. The molecule has 0 aliphatic rings. The normalized spacial score (nSPS) is 10.9. The first-order chi connectivity index (χ1) is 8.17. The zero-order valence-electron chi connectivity index (χ0n) is 10.1. The highest BCUT2D eigenvalue weighted by Gasteiger charge is 2.12. The van der Waals surface area contributed by atoms with Crippen molar-refractivity contribution in [2.75, 3.05) is 0 Å². The van der Waals surface area contributed by atoms with Gasteiger partial charge in [0.15, 0.2) is 0 Å². The number of phenols is 1. The largest absolute Gasteiger partial charge is 0.508 e. The van der Waals surface area contributed by atoms with Crippen LogP contribution in [0.15, 0.2) is 27.4 Å². The number of aryl methyl sites for hydroxylation is 1. The standard InChI is InChI=1S/C14H16O3/c1-3-5-12-10(4-2)11-7-6-9(15)8-13(11)17-14(12)16/h6-8,15H,3-5H2,1-2H3. The second-order valence-electron chi connectivity index (χ2n) is 4.13. The summed E-state index contributed by atoms with van der Waals surface area (Å²) in [4.78, 5) is 11.9. The SMILES string of the molecule is CCCc1c(CC)c2ccc(O)cc2oc1=O. The van der Waals surface area contributed by atoms with Crippen LogP contribution in [0, 0.1) is 0 Å². The van der Waals surface area contributed by atoms with Crippen molar-refractivity contribution in [3.8, 4) is 5.75 Å². The number of hydrogen-bond donors (Lipinski definition) is 1. The van der Waals surface area contributed by atoms with Gasteiger partial charge in [-0.05, 0) is 30.5 Å². The molecule has 0 bridgehead atoms. The lowest BCUT2D eigenvalue weighted by molar-refractivity contribution is 0.472. The van der Waals surface area contributed by atoms with Gasteiger partial charge in [-0.25, -0.2) is 4.79 Å². The summed E-state index contributed by atoms with van der Waals surface area (Å²) < 4.78 is 5.25. The Morgan fingerprint density at radius 1 is 1.24 bits per heavy atom. The predicted molar refractivity (Wildman–Crippen MR) is 67.5 cm³/mol. The highest BCUT2D eigenvalue weighted by Crippen LogP contribution is 2.24. The molecule has 1 N–H and O–H groups in total. The minimum Gasteiger partial charge on any atom is -0.508 e. The number of hydrogen-bond acceptors (Lipinski definition) is 3. The van der Waals surface area contributed by atoms with E-state index < -0.39 is 0 Å². The maximum absolute atomic E-state index is 11.9. The van der Waals surface area contributed by atoms with Crippen LogP contribution < -0.4 is 5.63 Å². The van der Waals surface area contributed by atoms with Gasteiger partial charge in [0.25, 0.3) is 0 Å². The molecular weight excluding hydrogens is 216 g/mol. The van der Waals surface area contributed by atoms with Gasteiger partial charge in [0, 0.05) is 17.0 Å². The Bertz CT molecular complexity index is 596. The molecule has 0 fully saturated rings. The van der Waals surface area contributed by atoms with Gasteiger partial charge < -0.3 is 9.52 Å². The van der Waals surface area contributed by atoms with Crippen LogP contribution in [-0.2, 0) is 12.8 Å². The molecule has 2 rings (SSSR count). The van der Waals surface area contributed by atoms with Gasteiger partial charge >= 0.3 is 5.63 Å². The smallest absolute Gasteiger partial charge is 0.339 e. The molecule has 0 atom stereocenters. The van der Waals surface area contributed by atoms with Crippen LogP contribution in [-0.4, -0.2) is 5.11 Å². The van der Waals surface area contributed by atoms with Crippen molar-refractivity contribution in [3.63, 3.8) is 0 Å². The molecule has 1 aromatic carbocycles. The Morgan fingerprint density at radius 3 is 2.65 bits per heavy atom. The van der Waals surface area contributed by atoms with Gasteiger partial charge in [0.05, 0.1) is 0 Å². The summed E-state index contributed by atoms with van der Waals surface area (Å²) in [6.45, 7) is 4.07. The highest BCUT2D eigenvalue weighted by atomic mass is 16.4. The van der Waals surface area contributed by atoms with Crippen LogP contribution in [0.5, 0.6) is 5.75 Å². The summed E-state index contributed by atoms with van der Waals surface area (Å²) in [5.74, 6) is 0.117. The maximum atomic E-state index is 11.9. The fourth-order valence-electron chi connectivity index (χ4n) is 2.20. The van der Waals surface area contributed by atoms with Gasteiger partial charge in [-0.15, -0.1) is 0 Å². The van der Waals surface area contributed by atoms with E-state index in [4.69, 9.17) is 4.42 Å². The Labute approximate surface area is 99.7 Å².